The van der Waals surface area contributed by atoms with E-state index in [0.29, 0.717) is 6.04 Å². The fourth-order valence-corrected chi connectivity index (χ4v) is 2.99. The molecule has 98 valence electrons. The second-order valence-electron chi connectivity index (χ2n) is 6.12. The van der Waals surface area contributed by atoms with Crippen molar-refractivity contribution in [3.63, 3.8) is 0 Å². The molecule has 18 heavy (non-hydrogen) atoms. The summed E-state index contributed by atoms with van der Waals surface area (Å²) in [5.41, 5.74) is 2.98. The van der Waals surface area contributed by atoms with Gasteiger partial charge in [-0.1, -0.05) is 25.1 Å². The summed E-state index contributed by atoms with van der Waals surface area (Å²) in [5.74, 6) is 0.767. The highest BCUT2D eigenvalue weighted by Crippen LogP contribution is 2.31. The van der Waals surface area contributed by atoms with Crippen LogP contribution in [0.2, 0.25) is 0 Å². The highest BCUT2D eigenvalue weighted by atomic mass is 15.2. The van der Waals surface area contributed by atoms with Crippen LogP contribution in [0, 0.1) is 5.92 Å². The van der Waals surface area contributed by atoms with E-state index < -0.39 is 0 Å². The van der Waals surface area contributed by atoms with E-state index in [1.807, 2.05) is 0 Å². The molecule has 1 saturated carbocycles. The van der Waals surface area contributed by atoms with Gasteiger partial charge in [-0.05, 0) is 43.7 Å². The van der Waals surface area contributed by atoms with Crippen LogP contribution in [-0.4, -0.2) is 25.2 Å². The molecule has 1 fully saturated rings. The van der Waals surface area contributed by atoms with Crippen molar-refractivity contribution in [3.05, 3.63) is 29.8 Å². The molecule has 2 atom stereocenters. The lowest BCUT2D eigenvalue weighted by Crippen LogP contribution is -2.45. The Balaban J connectivity index is 1.73. The predicted octanol–water partition coefficient (Wildman–Crippen LogP) is 2.83. The molecule has 3 rings (SSSR count). The number of para-hydroxylation sites is 1. The number of hydrogen-bond acceptors (Lipinski definition) is 2. The lowest BCUT2D eigenvalue weighted by atomic mass is 9.93. The van der Waals surface area contributed by atoms with Crippen LogP contribution in [0.4, 0.5) is 5.69 Å². The van der Waals surface area contributed by atoms with Gasteiger partial charge in [-0.2, -0.15) is 0 Å². The first-order chi connectivity index (χ1) is 8.74. The summed E-state index contributed by atoms with van der Waals surface area (Å²) in [5, 5.41) is 3.66. The normalized spacial score (nSPS) is 24.8. The van der Waals surface area contributed by atoms with Gasteiger partial charge in [-0.3, -0.25) is 0 Å². The Morgan fingerprint density at radius 1 is 1.33 bits per heavy atom. The summed E-state index contributed by atoms with van der Waals surface area (Å²) in [6.45, 7) is 7.03. The van der Waals surface area contributed by atoms with Crippen molar-refractivity contribution in [2.45, 2.75) is 45.2 Å². The second-order valence-corrected chi connectivity index (χ2v) is 6.12. The monoisotopic (exact) mass is 244 g/mol. The maximum absolute atomic E-state index is 3.66. The van der Waals surface area contributed by atoms with Gasteiger partial charge >= 0.3 is 0 Å². The Bertz CT molecular complexity index is 411. The van der Waals surface area contributed by atoms with E-state index in [0.717, 1.165) is 18.5 Å². The number of hydrogen-bond donors (Lipinski definition) is 1. The number of anilines is 1. The fraction of sp³-hybridized carbons (Fsp3) is 0.625. The molecule has 1 N–H and O–H groups in total. The van der Waals surface area contributed by atoms with Crippen LogP contribution in [-0.2, 0) is 6.42 Å². The molecule has 0 amide bonds. The Morgan fingerprint density at radius 3 is 2.89 bits per heavy atom. The fourth-order valence-electron chi connectivity index (χ4n) is 2.99. The van der Waals surface area contributed by atoms with E-state index in [9.17, 15) is 0 Å². The number of benzene rings is 1. The van der Waals surface area contributed by atoms with Crippen molar-refractivity contribution in [3.8, 4) is 0 Å². The molecule has 0 spiro atoms. The number of nitrogens with zero attached hydrogens (tertiary/aromatic N) is 1. The van der Waals surface area contributed by atoms with Crippen LogP contribution in [0.15, 0.2) is 24.3 Å². The van der Waals surface area contributed by atoms with Gasteiger partial charge in [0.05, 0.1) is 0 Å². The highest BCUT2D eigenvalue weighted by molar-refractivity contribution is 5.56. The van der Waals surface area contributed by atoms with E-state index in [1.165, 1.54) is 37.1 Å². The summed E-state index contributed by atoms with van der Waals surface area (Å²) >= 11 is 0. The minimum absolute atomic E-state index is 0.592. The van der Waals surface area contributed by atoms with Crippen molar-refractivity contribution in [2.75, 3.05) is 18.0 Å². The van der Waals surface area contributed by atoms with Crippen molar-refractivity contribution >= 4 is 5.69 Å². The minimum atomic E-state index is 0.592. The van der Waals surface area contributed by atoms with E-state index in [-0.39, 0.29) is 0 Å². The van der Waals surface area contributed by atoms with E-state index in [2.05, 4.69) is 48.3 Å². The lowest BCUT2D eigenvalue weighted by Gasteiger charge is -2.39. The SMILES string of the molecule is CC1Cc2ccccc2N(C(C)CNC2CC2)C1. The summed E-state index contributed by atoms with van der Waals surface area (Å²) in [6.07, 6.45) is 3.98. The lowest BCUT2D eigenvalue weighted by molar-refractivity contribution is 0.475. The van der Waals surface area contributed by atoms with Crippen molar-refractivity contribution in [1.82, 2.24) is 5.32 Å². The molecular formula is C16H24N2. The molecule has 0 radical (unpaired) electrons. The van der Waals surface area contributed by atoms with Crippen LogP contribution in [0.25, 0.3) is 0 Å². The molecule has 1 aliphatic carbocycles. The molecule has 2 unspecified atom stereocenters. The van der Waals surface area contributed by atoms with E-state index in [4.69, 9.17) is 0 Å². The van der Waals surface area contributed by atoms with Gasteiger partial charge in [0.15, 0.2) is 0 Å². The van der Waals surface area contributed by atoms with Crippen LogP contribution in [0.1, 0.15) is 32.3 Å². The van der Waals surface area contributed by atoms with Gasteiger partial charge in [0.25, 0.3) is 0 Å². The third kappa shape index (κ3) is 2.54. The van der Waals surface area contributed by atoms with Crippen molar-refractivity contribution < 1.29 is 0 Å². The van der Waals surface area contributed by atoms with Gasteiger partial charge in [-0.25, -0.2) is 0 Å². The Morgan fingerprint density at radius 2 is 2.11 bits per heavy atom. The molecule has 1 aromatic rings. The second kappa shape index (κ2) is 4.93. The maximum Gasteiger partial charge on any atom is 0.0401 e. The van der Waals surface area contributed by atoms with Crippen LogP contribution >= 0.6 is 0 Å². The molecule has 2 heteroatoms. The predicted molar refractivity (Wildman–Crippen MR) is 77.1 cm³/mol. The zero-order valence-electron chi connectivity index (χ0n) is 11.5. The molecule has 0 saturated heterocycles. The first kappa shape index (κ1) is 12.0. The zero-order chi connectivity index (χ0) is 12.5. The van der Waals surface area contributed by atoms with Gasteiger partial charge < -0.3 is 10.2 Å². The first-order valence-corrected chi connectivity index (χ1v) is 7.32. The molecule has 1 aliphatic heterocycles. The summed E-state index contributed by atoms with van der Waals surface area (Å²) in [7, 11) is 0. The van der Waals surface area contributed by atoms with E-state index in [1.54, 1.807) is 0 Å². The number of nitrogens with one attached hydrogen (secondary N) is 1. The first-order valence-electron chi connectivity index (χ1n) is 7.32. The quantitative estimate of drug-likeness (QED) is 0.876. The average molecular weight is 244 g/mol. The van der Waals surface area contributed by atoms with Gasteiger partial charge in [0, 0.05) is 30.9 Å². The average Bonchev–Trinajstić information content (AvgIpc) is 3.19. The molecule has 0 aromatic heterocycles. The molecule has 1 aromatic carbocycles. The molecular weight excluding hydrogens is 220 g/mol. The summed E-state index contributed by atoms with van der Waals surface area (Å²) in [4.78, 5) is 2.60. The van der Waals surface area contributed by atoms with Crippen LogP contribution in [0.3, 0.4) is 0 Å². The molecule has 0 bridgehead atoms. The van der Waals surface area contributed by atoms with Gasteiger partial charge in [0.2, 0.25) is 0 Å². The Kier molecular flexibility index (Phi) is 3.29. The van der Waals surface area contributed by atoms with Gasteiger partial charge in [0.1, 0.15) is 0 Å². The maximum atomic E-state index is 3.66. The number of fused-ring (bicyclic) bond motifs is 1. The Labute approximate surface area is 110 Å². The summed E-state index contributed by atoms with van der Waals surface area (Å²) < 4.78 is 0. The van der Waals surface area contributed by atoms with Crippen molar-refractivity contribution in [1.29, 1.82) is 0 Å². The topological polar surface area (TPSA) is 15.3 Å². The molecule has 2 aliphatic rings. The zero-order valence-corrected chi connectivity index (χ0v) is 11.5. The largest absolute Gasteiger partial charge is 0.367 e. The Hall–Kier alpha value is -1.02. The smallest absolute Gasteiger partial charge is 0.0401 e. The number of rotatable bonds is 4. The third-order valence-electron chi connectivity index (χ3n) is 4.19. The standard InChI is InChI=1S/C16H24N2/c1-12-9-14-5-3-4-6-16(14)18(11-12)13(2)10-17-15-7-8-15/h3-6,12-13,15,17H,7-11H2,1-2H3. The van der Waals surface area contributed by atoms with Crippen LogP contribution in [0.5, 0.6) is 0 Å². The van der Waals surface area contributed by atoms with Gasteiger partial charge in [-0.15, -0.1) is 0 Å². The van der Waals surface area contributed by atoms with Crippen molar-refractivity contribution in [2.24, 2.45) is 5.92 Å². The van der Waals surface area contributed by atoms with Crippen LogP contribution < -0.4 is 10.2 Å². The molecule has 2 nitrogen and oxygen atoms in total. The third-order valence-corrected chi connectivity index (χ3v) is 4.19. The minimum Gasteiger partial charge on any atom is -0.367 e. The highest BCUT2D eigenvalue weighted by Gasteiger charge is 2.26. The van der Waals surface area contributed by atoms with E-state index >= 15 is 0 Å². The molecule has 1 heterocycles. The summed E-state index contributed by atoms with van der Waals surface area (Å²) in [6, 6.07) is 10.3.